The first kappa shape index (κ1) is 9.35. The van der Waals surface area contributed by atoms with Crippen LogP contribution < -0.4 is 0 Å². The smallest absolute Gasteiger partial charge is 0.0315 e. The van der Waals surface area contributed by atoms with Crippen LogP contribution in [-0.4, -0.2) is 14.4 Å². The summed E-state index contributed by atoms with van der Waals surface area (Å²) in [4.78, 5) is 8.26. The molecule has 0 atom stereocenters. The molecule has 0 spiro atoms. The van der Waals surface area contributed by atoms with Crippen LogP contribution in [0.15, 0.2) is 37.1 Å². The Hall–Kier alpha value is -1.21. The predicted molar refractivity (Wildman–Crippen MR) is 49.3 cm³/mol. The summed E-state index contributed by atoms with van der Waals surface area (Å²) in [5.74, 6) is 0. The van der Waals surface area contributed by atoms with Crippen molar-refractivity contribution in [3.05, 3.63) is 43.1 Å². The molecule has 3 nitrogen and oxygen atoms in total. The van der Waals surface area contributed by atoms with E-state index in [0.29, 0.717) is 0 Å². The Balaban J connectivity index is 0.000000750. The van der Waals surface area contributed by atoms with Crippen molar-refractivity contribution in [3.8, 4) is 0 Å². The van der Waals surface area contributed by atoms with Crippen LogP contribution in [-0.2, 0) is 21.1 Å². The monoisotopic (exact) mass is 363 g/mol. The summed E-state index contributed by atoms with van der Waals surface area (Å²) in [5, 5.41) is 2.09. The quantitative estimate of drug-likeness (QED) is 0.569. The van der Waals surface area contributed by atoms with E-state index < -0.39 is 0 Å². The van der Waals surface area contributed by atoms with Gasteiger partial charge < -0.3 is 9.38 Å². The molecule has 0 aliphatic heterocycles. The van der Waals surface area contributed by atoms with Gasteiger partial charge in [0.15, 0.2) is 0 Å². The Kier molecular flexibility index (Phi) is 2.34. The molecule has 4 heteroatoms. The summed E-state index contributed by atoms with van der Waals surface area (Å²) in [6.45, 7) is 0. The second-order valence-electron chi connectivity index (χ2n) is 2.86. The minimum absolute atomic E-state index is 0. The molecular weight excluding hydrogens is 357 g/mol. The molecule has 0 amide bonds. The first-order valence-corrected chi connectivity index (χ1v) is 4.02. The van der Waals surface area contributed by atoms with Crippen LogP contribution in [0.5, 0.6) is 0 Å². The molecule has 0 unspecified atom stereocenters. The minimum Gasteiger partial charge on any atom is -0.361 e. The van der Waals surface area contributed by atoms with Gasteiger partial charge in [0.25, 0.3) is 0 Å². The van der Waals surface area contributed by atoms with Gasteiger partial charge in [0.05, 0.1) is 0 Å². The van der Waals surface area contributed by atoms with Gasteiger partial charge in [-0.2, -0.15) is 6.07 Å². The van der Waals surface area contributed by atoms with Crippen molar-refractivity contribution < 1.29 is 21.1 Å². The van der Waals surface area contributed by atoms with Crippen LogP contribution in [0.25, 0.3) is 16.4 Å². The average molecular weight is 363 g/mol. The van der Waals surface area contributed by atoms with E-state index in [0.717, 1.165) is 16.4 Å². The first-order chi connectivity index (χ1) is 6.45. The Morgan fingerprint density at radius 1 is 1.29 bits per heavy atom. The zero-order valence-corrected chi connectivity index (χ0v) is 9.39. The van der Waals surface area contributed by atoms with Gasteiger partial charge in [-0.25, -0.2) is 0 Å². The third-order valence-electron chi connectivity index (χ3n) is 2.09. The second-order valence-corrected chi connectivity index (χ2v) is 2.86. The Labute approximate surface area is 95.1 Å². The van der Waals surface area contributed by atoms with Gasteiger partial charge in [-0.1, -0.05) is 6.07 Å². The largest absolute Gasteiger partial charge is 0.361 e. The van der Waals surface area contributed by atoms with E-state index in [9.17, 15) is 0 Å². The molecule has 72 valence electrons. The van der Waals surface area contributed by atoms with Gasteiger partial charge in [-0.05, 0) is 18.6 Å². The summed E-state index contributed by atoms with van der Waals surface area (Å²) in [7, 11) is 0. The van der Waals surface area contributed by atoms with E-state index in [-0.39, 0.29) is 21.1 Å². The molecule has 3 aromatic heterocycles. The maximum Gasteiger partial charge on any atom is 0.0315 e. The van der Waals surface area contributed by atoms with E-state index in [1.807, 2.05) is 29.1 Å². The topological polar surface area (TPSA) is 30.2 Å². The fourth-order valence-electron chi connectivity index (χ4n) is 1.47. The molecule has 0 aromatic carbocycles. The van der Waals surface area contributed by atoms with Crippen LogP contribution in [0.1, 0.15) is 0 Å². The fraction of sp³-hybridized carbons (Fsp3) is 0. The molecule has 3 heterocycles. The summed E-state index contributed by atoms with van der Waals surface area (Å²) in [5.41, 5.74) is 0.930. The number of rotatable bonds is 0. The predicted octanol–water partition coefficient (Wildman–Crippen LogP) is 1.68. The first-order valence-electron chi connectivity index (χ1n) is 4.02. The van der Waals surface area contributed by atoms with Crippen molar-refractivity contribution in [2.24, 2.45) is 0 Å². The molecule has 3 aromatic rings. The van der Waals surface area contributed by atoms with Crippen molar-refractivity contribution in [2.45, 2.75) is 0 Å². The molecule has 0 bridgehead atoms. The Morgan fingerprint density at radius 3 is 3.14 bits per heavy atom. The summed E-state index contributed by atoms with van der Waals surface area (Å²) in [6.07, 6.45) is 9.16. The van der Waals surface area contributed by atoms with Crippen molar-refractivity contribution in [3.63, 3.8) is 0 Å². The molecule has 14 heavy (non-hydrogen) atoms. The number of nitrogens with zero attached hydrogens (tertiary/aromatic N) is 3. The van der Waals surface area contributed by atoms with Crippen LogP contribution in [0.3, 0.4) is 0 Å². The zero-order chi connectivity index (χ0) is 8.67. The zero-order valence-electron chi connectivity index (χ0n) is 7.12. The molecule has 0 radical (unpaired) electrons. The van der Waals surface area contributed by atoms with Crippen molar-refractivity contribution in [1.82, 2.24) is 14.4 Å². The van der Waals surface area contributed by atoms with E-state index in [1.165, 1.54) is 0 Å². The third-order valence-corrected chi connectivity index (χ3v) is 2.09. The van der Waals surface area contributed by atoms with Gasteiger partial charge in [0.1, 0.15) is 0 Å². The average Bonchev–Trinajstić information content (AvgIpc) is 2.65. The number of hydrogen-bond donors (Lipinski definition) is 0. The molecule has 3 rings (SSSR count). The van der Waals surface area contributed by atoms with Crippen LogP contribution in [0, 0.1) is 6.07 Å². The van der Waals surface area contributed by atoms with Crippen LogP contribution in [0.4, 0.5) is 0 Å². The van der Waals surface area contributed by atoms with Gasteiger partial charge in [-0.3, -0.25) is 4.98 Å². The van der Waals surface area contributed by atoms with Crippen molar-refractivity contribution in [1.29, 1.82) is 0 Å². The summed E-state index contributed by atoms with van der Waals surface area (Å²) < 4.78 is 1.97. The number of imidazole rings is 1. The van der Waals surface area contributed by atoms with E-state index in [1.54, 1.807) is 12.4 Å². The SMILES string of the molecule is [Pt].[c-]1cncc2ccn3ccnc3c12. The van der Waals surface area contributed by atoms with Crippen LogP contribution >= 0.6 is 0 Å². The fourth-order valence-corrected chi connectivity index (χ4v) is 1.47. The summed E-state index contributed by atoms with van der Waals surface area (Å²) >= 11 is 0. The molecule has 0 N–H and O–H groups in total. The molecule has 0 aliphatic carbocycles. The summed E-state index contributed by atoms with van der Waals surface area (Å²) in [6, 6.07) is 5.09. The van der Waals surface area contributed by atoms with Crippen molar-refractivity contribution >= 4 is 16.4 Å². The van der Waals surface area contributed by atoms with Gasteiger partial charge in [0.2, 0.25) is 0 Å². The molecule has 0 fully saturated rings. The molecule has 0 aliphatic rings. The second kappa shape index (κ2) is 3.50. The van der Waals surface area contributed by atoms with Gasteiger partial charge in [0, 0.05) is 39.1 Å². The van der Waals surface area contributed by atoms with Gasteiger partial charge >= 0.3 is 0 Å². The van der Waals surface area contributed by atoms with E-state index in [2.05, 4.69) is 16.0 Å². The number of fused-ring (bicyclic) bond motifs is 3. The molecular formula is C10H6N3Pt-. The number of hydrogen-bond acceptors (Lipinski definition) is 2. The Morgan fingerprint density at radius 2 is 2.21 bits per heavy atom. The Bertz CT molecular complexity index is 573. The number of aromatic nitrogens is 3. The van der Waals surface area contributed by atoms with Crippen molar-refractivity contribution in [2.75, 3.05) is 0 Å². The van der Waals surface area contributed by atoms with Crippen LogP contribution in [0.2, 0.25) is 0 Å². The minimum atomic E-state index is 0. The normalized spacial score (nSPS) is 10.3. The van der Waals surface area contributed by atoms with Gasteiger partial charge in [-0.15, -0.1) is 10.8 Å². The standard InChI is InChI=1S/C10H6N3.Pt/c1-3-11-7-8-2-5-13-6-4-12-10(13)9(1)8;/h2-7H;/q-1;. The third kappa shape index (κ3) is 1.25. The van der Waals surface area contributed by atoms with E-state index >= 15 is 0 Å². The maximum absolute atomic E-state index is 4.25. The van der Waals surface area contributed by atoms with E-state index in [4.69, 9.17) is 0 Å². The maximum atomic E-state index is 4.25. The number of pyridine rings is 2. The molecule has 0 saturated carbocycles. The molecule has 0 saturated heterocycles.